The van der Waals surface area contributed by atoms with Crippen molar-refractivity contribution in [1.29, 1.82) is 0 Å². The maximum Gasteiger partial charge on any atom is 0.414 e. The minimum Gasteiger partial charge on any atom is -0.447 e. The SMILES string of the molecule is O=C1OCCN1c1ccc(-c2ccccc2)cc1. The molecule has 18 heavy (non-hydrogen) atoms. The van der Waals surface area contributed by atoms with E-state index in [9.17, 15) is 4.79 Å². The molecule has 0 aromatic heterocycles. The zero-order valence-corrected chi connectivity index (χ0v) is 9.87. The fraction of sp³-hybridized carbons (Fsp3) is 0.133. The van der Waals surface area contributed by atoms with Crippen LogP contribution in [0.4, 0.5) is 10.5 Å². The minimum absolute atomic E-state index is 0.262. The van der Waals surface area contributed by atoms with Gasteiger partial charge in [0.25, 0.3) is 0 Å². The Hall–Kier alpha value is -2.29. The summed E-state index contributed by atoms with van der Waals surface area (Å²) in [5.74, 6) is 0. The van der Waals surface area contributed by atoms with Crippen LogP contribution in [-0.2, 0) is 4.74 Å². The normalized spacial score (nSPS) is 14.7. The average molecular weight is 239 g/mol. The minimum atomic E-state index is -0.262. The molecule has 1 saturated heterocycles. The molecule has 0 saturated carbocycles. The summed E-state index contributed by atoms with van der Waals surface area (Å²) < 4.78 is 4.92. The Morgan fingerprint density at radius 1 is 0.889 bits per heavy atom. The number of carbonyl (C=O) groups is 1. The number of hydrogen-bond donors (Lipinski definition) is 0. The number of anilines is 1. The number of ether oxygens (including phenoxy) is 1. The summed E-state index contributed by atoms with van der Waals surface area (Å²) in [7, 11) is 0. The van der Waals surface area contributed by atoms with Gasteiger partial charge in [-0.1, -0.05) is 42.5 Å². The number of benzene rings is 2. The number of nitrogens with zero attached hydrogens (tertiary/aromatic N) is 1. The van der Waals surface area contributed by atoms with Crippen LogP contribution in [-0.4, -0.2) is 19.2 Å². The van der Waals surface area contributed by atoms with Crippen molar-refractivity contribution in [3.8, 4) is 11.1 Å². The quantitative estimate of drug-likeness (QED) is 0.804. The molecule has 2 aromatic carbocycles. The molecule has 3 nitrogen and oxygen atoms in total. The summed E-state index contributed by atoms with van der Waals surface area (Å²) in [6.45, 7) is 1.10. The smallest absolute Gasteiger partial charge is 0.414 e. The van der Waals surface area contributed by atoms with Crippen molar-refractivity contribution in [3.63, 3.8) is 0 Å². The molecular weight excluding hydrogens is 226 g/mol. The third-order valence-electron chi connectivity index (χ3n) is 3.05. The third-order valence-corrected chi connectivity index (χ3v) is 3.05. The maximum absolute atomic E-state index is 11.4. The first-order chi connectivity index (χ1) is 8.84. The number of amides is 1. The van der Waals surface area contributed by atoms with Crippen LogP contribution >= 0.6 is 0 Å². The first-order valence-corrected chi connectivity index (χ1v) is 5.94. The van der Waals surface area contributed by atoms with Gasteiger partial charge in [0.15, 0.2) is 0 Å². The lowest BCUT2D eigenvalue weighted by Gasteiger charge is -2.13. The van der Waals surface area contributed by atoms with Crippen molar-refractivity contribution >= 4 is 11.8 Å². The van der Waals surface area contributed by atoms with Crippen LogP contribution < -0.4 is 4.90 Å². The molecule has 1 amide bonds. The molecule has 0 bridgehead atoms. The second-order valence-electron chi connectivity index (χ2n) is 4.18. The zero-order valence-electron chi connectivity index (χ0n) is 9.87. The van der Waals surface area contributed by atoms with Crippen LogP contribution in [0.25, 0.3) is 11.1 Å². The van der Waals surface area contributed by atoms with Gasteiger partial charge in [0.2, 0.25) is 0 Å². The molecule has 0 unspecified atom stereocenters. The van der Waals surface area contributed by atoms with Gasteiger partial charge in [-0.25, -0.2) is 4.79 Å². The standard InChI is InChI=1S/C15H13NO2/c17-15-16(10-11-18-15)14-8-6-13(7-9-14)12-4-2-1-3-5-12/h1-9H,10-11H2. The molecule has 3 heteroatoms. The molecule has 0 spiro atoms. The van der Waals surface area contributed by atoms with E-state index in [0.29, 0.717) is 13.2 Å². The van der Waals surface area contributed by atoms with Gasteiger partial charge in [0.1, 0.15) is 6.61 Å². The summed E-state index contributed by atoms with van der Waals surface area (Å²) in [5.41, 5.74) is 3.21. The fourth-order valence-corrected chi connectivity index (χ4v) is 2.09. The van der Waals surface area contributed by atoms with E-state index >= 15 is 0 Å². The van der Waals surface area contributed by atoms with Crippen LogP contribution in [0, 0.1) is 0 Å². The Morgan fingerprint density at radius 3 is 2.17 bits per heavy atom. The van der Waals surface area contributed by atoms with Gasteiger partial charge in [0.05, 0.1) is 6.54 Å². The van der Waals surface area contributed by atoms with E-state index in [1.165, 1.54) is 5.56 Å². The van der Waals surface area contributed by atoms with E-state index in [1.807, 2.05) is 42.5 Å². The van der Waals surface area contributed by atoms with Crippen LogP contribution in [0.15, 0.2) is 54.6 Å². The largest absolute Gasteiger partial charge is 0.447 e. The zero-order chi connectivity index (χ0) is 12.4. The lowest BCUT2D eigenvalue weighted by molar-refractivity contribution is 0.181. The molecule has 1 aliphatic heterocycles. The monoisotopic (exact) mass is 239 g/mol. The highest BCUT2D eigenvalue weighted by Gasteiger charge is 2.23. The predicted octanol–water partition coefficient (Wildman–Crippen LogP) is 3.31. The van der Waals surface area contributed by atoms with E-state index in [2.05, 4.69) is 12.1 Å². The Kier molecular flexibility index (Phi) is 2.73. The Labute approximate surface area is 106 Å². The Morgan fingerprint density at radius 2 is 1.56 bits per heavy atom. The van der Waals surface area contributed by atoms with Gasteiger partial charge in [-0.2, -0.15) is 0 Å². The topological polar surface area (TPSA) is 29.5 Å². The van der Waals surface area contributed by atoms with Gasteiger partial charge in [-0.05, 0) is 23.3 Å². The molecule has 0 aliphatic carbocycles. The highest BCUT2D eigenvalue weighted by atomic mass is 16.6. The van der Waals surface area contributed by atoms with Crippen molar-refractivity contribution in [1.82, 2.24) is 0 Å². The molecule has 0 N–H and O–H groups in total. The number of carbonyl (C=O) groups excluding carboxylic acids is 1. The molecule has 0 atom stereocenters. The van der Waals surface area contributed by atoms with E-state index in [4.69, 9.17) is 4.74 Å². The number of rotatable bonds is 2. The first kappa shape index (κ1) is 10.8. The predicted molar refractivity (Wildman–Crippen MR) is 70.6 cm³/mol. The summed E-state index contributed by atoms with van der Waals surface area (Å²) in [5, 5.41) is 0. The molecular formula is C15H13NO2. The molecule has 2 aromatic rings. The average Bonchev–Trinajstić information content (AvgIpc) is 2.86. The van der Waals surface area contributed by atoms with Crippen LogP contribution in [0.1, 0.15) is 0 Å². The lowest BCUT2D eigenvalue weighted by Crippen LogP contribution is -2.22. The molecule has 0 radical (unpaired) electrons. The lowest BCUT2D eigenvalue weighted by atomic mass is 10.1. The van der Waals surface area contributed by atoms with Crippen molar-refractivity contribution in [2.45, 2.75) is 0 Å². The van der Waals surface area contributed by atoms with Gasteiger partial charge in [-0.3, -0.25) is 4.90 Å². The second-order valence-corrected chi connectivity index (χ2v) is 4.18. The molecule has 1 heterocycles. The summed E-state index contributed by atoms with van der Waals surface area (Å²) in [4.78, 5) is 13.1. The molecule has 3 rings (SSSR count). The van der Waals surface area contributed by atoms with E-state index in [0.717, 1.165) is 11.3 Å². The van der Waals surface area contributed by atoms with Crippen molar-refractivity contribution in [2.24, 2.45) is 0 Å². The van der Waals surface area contributed by atoms with Gasteiger partial charge >= 0.3 is 6.09 Å². The highest BCUT2D eigenvalue weighted by molar-refractivity contribution is 5.89. The number of hydrogen-bond acceptors (Lipinski definition) is 2. The van der Waals surface area contributed by atoms with Crippen LogP contribution in [0.5, 0.6) is 0 Å². The van der Waals surface area contributed by atoms with Gasteiger partial charge < -0.3 is 4.74 Å². The van der Waals surface area contributed by atoms with Crippen LogP contribution in [0.2, 0.25) is 0 Å². The van der Waals surface area contributed by atoms with E-state index < -0.39 is 0 Å². The molecule has 90 valence electrons. The summed E-state index contributed by atoms with van der Waals surface area (Å²) >= 11 is 0. The van der Waals surface area contributed by atoms with Crippen molar-refractivity contribution in [3.05, 3.63) is 54.6 Å². The third kappa shape index (κ3) is 1.95. The fourth-order valence-electron chi connectivity index (χ4n) is 2.09. The first-order valence-electron chi connectivity index (χ1n) is 5.94. The highest BCUT2D eigenvalue weighted by Crippen LogP contribution is 2.24. The van der Waals surface area contributed by atoms with Gasteiger partial charge in [0, 0.05) is 5.69 Å². The van der Waals surface area contributed by atoms with E-state index in [-0.39, 0.29) is 6.09 Å². The van der Waals surface area contributed by atoms with Crippen molar-refractivity contribution in [2.75, 3.05) is 18.1 Å². The summed E-state index contributed by atoms with van der Waals surface area (Å²) in [6, 6.07) is 18.1. The Balaban J connectivity index is 1.87. The molecule has 1 fully saturated rings. The second kappa shape index (κ2) is 4.53. The Bertz CT molecular complexity index is 548. The summed E-state index contributed by atoms with van der Waals surface area (Å²) in [6.07, 6.45) is -0.262. The van der Waals surface area contributed by atoms with Gasteiger partial charge in [-0.15, -0.1) is 0 Å². The molecule has 1 aliphatic rings. The van der Waals surface area contributed by atoms with Crippen LogP contribution in [0.3, 0.4) is 0 Å². The van der Waals surface area contributed by atoms with E-state index in [1.54, 1.807) is 4.90 Å². The van der Waals surface area contributed by atoms with Crippen molar-refractivity contribution < 1.29 is 9.53 Å². The number of cyclic esters (lactones) is 1. The maximum atomic E-state index is 11.4.